The average molecular weight is 857 g/mol. The molecule has 0 aromatic carbocycles. The van der Waals surface area contributed by atoms with Crippen LogP contribution in [0.3, 0.4) is 0 Å². The van der Waals surface area contributed by atoms with Gasteiger partial charge in [-0.05, 0) is 96.3 Å². The second-order valence-corrected chi connectivity index (χ2v) is 17.8. The largest absolute Gasteiger partial charge is 0.462 e. The molecule has 0 spiro atoms. The lowest BCUT2D eigenvalue weighted by molar-refractivity contribution is -0.167. The van der Waals surface area contributed by atoms with Gasteiger partial charge >= 0.3 is 17.9 Å². The second kappa shape index (κ2) is 50.3. The lowest BCUT2D eigenvalue weighted by Crippen LogP contribution is -2.30. The summed E-state index contributed by atoms with van der Waals surface area (Å²) in [6, 6.07) is 0. The highest BCUT2D eigenvalue weighted by atomic mass is 16.6. The Labute approximate surface area is 378 Å². The fourth-order valence-electron chi connectivity index (χ4n) is 7.54. The molecule has 6 heteroatoms. The topological polar surface area (TPSA) is 78.9 Å². The van der Waals surface area contributed by atoms with Crippen molar-refractivity contribution >= 4 is 17.9 Å². The summed E-state index contributed by atoms with van der Waals surface area (Å²) in [6.07, 6.45) is 58.4. The zero-order chi connectivity index (χ0) is 44.4. The molecule has 0 amide bonds. The summed E-state index contributed by atoms with van der Waals surface area (Å²) < 4.78 is 16.8. The fraction of sp³-hybridized carbons (Fsp3) is 0.836. The summed E-state index contributed by atoms with van der Waals surface area (Å²) in [5.41, 5.74) is 0. The van der Waals surface area contributed by atoms with Gasteiger partial charge in [-0.15, -0.1) is 0 Å². The lowest BCUT2D eigenvalue weighted by Gasteiger charge is -2.18. The van der Waals surface area contributed by atoms with Gasteiger partial charge in [-0.2, -0.15) is 0 Å². The highest BCUT2D eigenvalue weighted by Crippen LogP contribution is 2.15. The van der Waals surface area contributed by atoms with E-state index < -0.39 is 6.10 Å². The van der Waals surface area contributed by atoms with Crippen molar-refractivity contribution in [3.8, 4) is 0 Å². The van der Waals surface area contributed by atoms with Gasteiger partial charge in [-0.3, -0.25) is 14.4 Å². The summed E-state index contributed by atoms with van der Waals surface area (Å²) in [4.78, 5) is 38.0. The van der Waals surface area contributed by atoms with Crippen LogP contribution in [0.15, 0.2) is 36.5 Å². The molecule has 0 aliphatic rings. The normalized spacial score (nSPS) is 12.2. The van der Waals surface area contributed by atoms with Crippen LogP contribution in [0.2, 0.25) is 0 Å². The van der Waals surface area contributed by atoms with Crippen LogP contribution < -0.4 is 0 Å². The molecule has 0 N–H and O–H groups in total. The summed E-state index contributed by atoms with van der Waals surface area (Å²) in [7, 11) is 0. The Kier molecular flexibility index (Phi) is 48.3. The van der Waals surface area contributed by atoms with E-state index in [1.54, 1.807) is 0 Å². The van der Waals surface area contributed by atoms with E-state index in [-0.39, 0.29) is 31.1 Å². The molecule has 0 heterocycles. The van der Waals surface area contributed by atoms with Crippen LogP contribution >= 0.6 is 0 Å². The smallest absolute Gasteiger partial charge is 0.306 e. The monoisotopic (exact) mass is 857 g/mol. The van der Waals surface area contributed by atoms with Crippen LogP contribution in [-0.4, -0.2) is 37.2 Å². The Morgan fingerprint density at radius 2 is 0.541 bits per heavy atom. The Morgan fingerprint density at radius 1 is 0.311 bits per heavy atom. The molecule has 1 unspecified atom stereocenters. The standard InChI is InChI=1S/C55H100O6/c1-4-7-10-13-16-19-22-25-27-29-30-33-36-39-42-45-48-54(57)60-51-52(50-59-53(56)47-44-41-38-35-32-24-21-18-15-12-9-6-3)61-55(58)49-46-43-40-37-34-31-28-26-23-20-17-14-11-8-5-2/h18,20-21,23,27,29,52H,4-17,19,22,24-26,28,30-51H2,1-3H3/b21-18-,23-20-,29-27-. The van der Waals surface area contributed by atoms with E-state index in [2.05, 4.69) is 57.2 Å². The number of rotatable bonds is 48. The molecule has 0 saturated heterocycles. The molecule has 1 atom stereocenters. The average Bonchev–Trinajstić information content (AvgIpc) is 3.26. The van der Waals surface area contributed by atoms with Crippen molar-refractivity contribution in [3.63, 3.8) is 0 Å². The van der Waals surface area contributed by atoms with Gasteiger partial charge in [0.1, 0.15) is 13.2 Å². The van der Waals surface area contributed by atoms with Gasteiger partial charge in [0.25, 0.3) is 0 Å². The maximum Gasteiger partial charge on any atom is 0.306 e. The Morgan fingerprint density at radius 3 is 0.869 bits per heavy atom. The van der Waals surface area contributed by atoms with Gasteiger partial charge in [0, 0.05) is 19.3 Å². The first-order chi connectivity index (χ1) is 30.0. The minimum atomic E-state index is -0.778. The van der Waals surface area contributed by atoms with Crippen molar-refractivity contribution in [1.82, 2.24) is 0 Å². The molecule has 61 heavy (non-hydrogen) atoms. The van der Waals surface area contributed by atoms with Crippen molar-refractivity contribution in [3.05, 3.63) is 36.5 Å². The van der Waals surface area contributed by atoms with Gasteiger partial charge in [0.2, 0.25) is 0 Å². The molecule has 0 rings (SSSR count). The zero-order valence-electron chi connectivity index (χ0n) is 40.7. The van der Waals surface area contributed by atoms with E-state index in [1.807, 2.05) is 0 Å². The fourth-order valence-corrected chi connectivity index (χ4v) is 7.54. The van der Waals surface area contributed by atoms with Crippen LogP contribution in [0.25, 0.3) is 0 Å². The number of esters is 3. The van der Waals surface area contributed by atoms with E-state index in [4.69, 9.17) is 14.2 Å². The van der Waals surface area contributed by atoms with Crippen molar-refractivity contribution in [2.75, 3.05) is 13.2 Å². The zero-order valence-corrected chi connectivity index (χ0v) is 40.7. The number of carbonyl (C=O) groups excluding carboxylic acids is 3. The number of hydrogen-bond donors (Lipinski definition) is 0. The van der Waals surface area contributed by atoms with Crippen molar-refractivity contribution in [2.24, 2.45) is 0 Å². The molecule has 356 valence electrons. The first kappa shape index (κ1) is 58.6. The third-order valence-electron chi connectivity index (χ3n) is 11.6. The van der Waals surface area contributed by atoms with Crippen LogP contribution in [0.4, 0.5) is 0 Å². The van der Waals surface area contributed by atoms with Gasteiger partial charge < -0.3 is 14.2 Å². The summed E-state index contributed by atoms with van der Waals surface area (Å²) in [6.45, 7) is 6.60. The maximum atomic E-state index is 12.8. The van der Waals surface area contributed by atoms with Crippen molar-refractivity contribution < 1.29 is 28.6 Å². The maximum absolute atomic E-state index is 12.8. The van der Waals surface area contributed by atoms with Gasteiger partial charge in [0.05, 0.1) is 0 Å². The molecule has 0 radical (unpaired) electrons. The van der Waals surface area contributed by atoms with Crippen LogP contribution in [0.5, 0.6) is 0 Å². The van der Waals surface area contributed by atoms with Gasteiger partial charge in [-0.25, -0.2) is 0 Å². The summed E-state index contributed by atoms with van der Waals surface area (Å²) in [5, 5.41) is 0. The van der Waals surface area contributed by atoms with E-state index >= 15 is 0 Å². The number of hydrogen-bond acceptors (Lipinski definition) is 6. The third kappa shape index (κ3) is 48.5. The minimum absolute atomic E-state index is 0.0792. The van der Waals surface area contributed by atoms with E-state index in [0.717, 1.165) is 70.6 Å². The Hall–Kier alpha value is -2.37. The number of unbranched alkanes of at least 4 members (excludes halogenated alkanes) is 31. The van der Waals surface area contributed by atoms with Crippen LogP contribution in [0, 0.1) is 0 Å². The number of carbonyl (C=O) groups is 3. The van der Waals surface area contributed by atoms with Gasteiger partial charge in [-0.1, -0.05) is 198 Å². The molecule has 0 aliphatic heterocycles. The first-order valence-electron chi connectivity index (χ1n) is 26.5. The Bertz CT molecular complexity index is 1030. The van der Waals surface area contributed by atoms with Gasteiger partial charge in [0.15, 0.2) is 6.10 Å². The SMILES string of the molecule is CCCCC/C=C\CCCCCCCC(=O)OCC(COC(=O)CCCCCCC/C=C\CCCCCCCCC)OC(=O)CCCCCCCCC/C=C\CCCCCC. The van der Waals surface area contributed by atoms with E-state index in [0.29, 0.717) is 19.3 Å². The number of allylic oxidation sites excluding steroid dienone is 6. The molecule has 0 aromatic heterocycles. The van der Waals surface area contributed by atoms with Crippen LogP contribution in [-0.2, 0) is 28.6 Å². The molecule has 0 aliphatic carbocycles. The quantitative estimate of drug-likeness (QED) is 0.0262. The molecule has 0 saturated carbocycles. The summed E-state index contributed by atoms with van der Waals surface area (Å²) in [5.74, 6) is -0.891. The Balaban J connectivity index is 4.37. The predicted molar refractivity (Wildman–Crippen MR) is 261 cm³/mol. The molecular weight excluding hydrogens is 757 g/mol. The summed E-state index contributed by atoms with van der Waals surface area (Å²) >= 11 is 0. The molecule has 6 nitrogen and oxygen atoms in total. The third-order valence-corrected chi connectivity index (χ3v) is 11.6. The molecule has 0 bridgehead atoms. The van der Waals surface area contributed by atoms with Crippen LogP contribution in [0.1, 0.15) is 278 Å². The number of ether oxygens (including phenoxy) is 3. The van der Waals surface area contributed by atoms with E-state index in [9.17, 15) is 14.4 Å². The molecule has 0 aromatic rings. The highest BCUT2D eigenvalue weighted by molar-refractivity contribution is 5.71. The van der Waals surface area contributed by atoms with Crippen molar-refractivity contribution in [2.45, 2.75) is 284 Å². The molecule has 0 fully saturated rings. The van der Waals surface area contributed by atoms with E-state index in [1.165, 1.54) is 167 Å². The molecular formula is C55H100O6. The van der Waals surface area contributed by atoms with Crippen molar-refractivity contribution in [1.29, 1.82) is 0 Å². The predicted octanol–water partition coefficient (Wildman–Crippen LogP) is 17.3. The minimum Gasteiger partial charge on any atom is -0.462 e. The highest BCUT2D eigenvalue weighted by Gasteiger charge is 2.19. The lowest BCUT2D eigenvalue weighted by atomic mass is 10.1. The first-order valence-corrected chi connectivity index (χ1v) is 26.5. The second-order valence-electron chi connectivity index (χ2n) is 17.8.